The summed E-state index contributed by atoms with van der Waals surface area (Å²) in [7, 11) is -2.90. The minimum absolute atomic E-state index is 0.0557. The topological polar surface area (TPSA) is 213 Å². The zero-order valence-electron chi connectivity index (χ0n) is 32.8. The number of pyridine rings is 1. The number of hydrogen-bond acceptors (Lipinski definition) is 12. The van der Waals surface area contributed by atoms with Gasteiger partial charge in [-0.3, -0.25) is 14.4 Å². The van der Waals surface area contributed by atoms with Gasteiger partial charge in [-0.15, -0.1) is 16.8 Å². The number of carbonyl (C=O) groups is 4. The van der Waals surface area contributed by atoms with Gasteiger partial charge in [0, 0.05) is 23.6 Å². The first-order chi connectivity index (χ1) is 26.1. The van der Waals surface area contributed by atoms with Crippen molar-refractivity contribution in [2.75, 3.05) is 7.11 Å². The Labute approximate surface area is 331 Å². The summed E-state index contributed by atoms with van der Waals surface area (Å²) < 4.78 is 39.3. The smallest absolute Gasteiger partial charge is 0.408 e. The number of rotatable bonds is 13. The highest BCUT2D eigenvalue weighted by molar-refractivity contribution is 7.90. The fraction of sp³-hybridized carbons (Fsp3) is 0.526. The molecule has 18 heteroatoms. The number of ether oxygens (including phenoxy) is 2. The maximum Gasteiger partial charge on any atom is 0.408 e. The van der Waals surface area contributed by atoms with Crippen LogP contribution in [0.25, 0.3) is 11.4 Å². The van der Waals surface area contributed by atoms with E-state index in [1.165, 1.54) is 24.2 Å². The van der Waals surface area contributed by atoms with E-state index < -0.39 is 80.1 Å². The summed E-state index contributed by atoms with van der Waals surface area (Å²) >= 11 is 6.34. The molecule has 2 aliphatic rings. The van der Waals surface area contributed by atoms with Gasteiger partial charge in [-0.2, -0.15) is 13.2 Å². The molecular formula is C38H49ClN8O8S. The molecule has 3 N–H and O–H groups in total. The van der Waals surface area contributed by atoms with Crippen LogP contribution in [-0.4, -0.2) is 81.6 Å². The molecule has 2 heterocycles. The largest absolute Gasteiger partial charge is 0.495 e. The van der Waals surface area contributed by atoms with Gasteiger partial charge >= 0.3 is 6.09 Å². The van der Waals surface area contributed by atoms with Crippen molar-refractivity contribution >= 4 is 45.3 Å². The van der Waals surface area contributed by atoms with Crippen LogP contribution in [0.3, 0.4) is 0 Å². The molecule has 2 unspecified atom stereocenters. The second-order valence-electron chi connectivity index (χ2n) is 16.5. The predicted molar refractivity (Wildman–Crippen MR) is 206 cm³/mol. The number of Topliss-reactive ketones (excluding diaryl/α,β-unsaturated/α-hetero) is 1. The van der Waals surface area contributed by atoms with E-state index in [1.807, 2.05) is 0 Å². The van der Waals surface area contributed by atoms with Gasteiger partial charge in [-0.05, 0) is 99.8 Å². The third kappa shape index (κ3) is 9.37. The summed E-state index contributed by atoms with van der Waals surface area (Å²) in [5.74, 6) is -3.82. The number of alkyl carbamates (subject to hydrolysis) is 1. The summed E-state index contributed by atoms with van der Waals surface area (Å²) in [6, 6.07) is 6.14. The molecule has 0 saturated heterocycles. The lowest BCUT2D eigenvalue weighted by Crippen LogP contribution is -2.56. The summed E-state index contributed by atoms with van der Waals surface area (Å²) in [4.78, 5) is 61.3. The molecular weight excluding hydrogens is 764 g/mol. The lowest BCUT2D eigenvalue weighted by atomic mass is 9.77. The first kappa shape index (κ1) is 42.2. The molecule has 5 rings (SSSR count). The molecule has 3 aromatic rings. The van der Waals surface area contributed by atoms with Gasteiger partial charge in [0.1, 0.15) is 16.9 Å². The number of benzene rings is 1. The third-order valence-corrected chi connectivity index (χ3v) is 11.5. The van der Waals surface area contributed by atoms with E-state index in [4.69, 9.17) is 21.1 Å². The van der Waals surface area contributed by atoms with Crippen LogP contribution in [0.4, 0.5) is 4.79 Å². The average Bonchev–Trinajstić information content (AvgIpc) is 3.41. The van der Waals surface area contributed by atoms with Crippen LogP contribution >= 0.6 is 11.6 Å². The first-order valence-corrected chi connectivity index (χ1v) is 20.0. The Morgan fingerprint density at radius 3 is 2.38 bits per heavy atom. The molecule has 3 amide bonds. The number of ketones is 1. The lowest BCUT2D eigenvalue weighted by Gasteiger charge is -2.34. The van der Waals surface area contributed by atoms with Gasteiger partial charge in [0.25, 0.3) is 15.9 Å². The summed E-state index contributed by atoms with van der Waals surface area (Å²) in [6.45, 7) is 16.0. The highest BCUT2D eigenvalue weighted by atomic mass is 35.5. The maximum absolute atomic E-state index is 14.6. The fourth-order valence-electron chi connectivity index (χ4n) is 6.95. The van der Waals surface area contributed by atoms with Crippen LogP contribution in [0.5, 0.6) is 5.75 Å². The van der Waals surface area contributed by atoms with Gasteiger partial charge < -0.3 is 20.1 Å². The first-order valence-electron chi connectivity index (χ1n) is 18.2. The molecule has 6 atom stereocenters. The number of methoxy groups -OCH3 is 1. The SMILES string of the molecule is C=CC[C@@H]1C[C@@]1(NC(=O)[C@@H]1C[C@@H](n2nnc(-c3ccc(OC)c(Cl)c3)n2)CC1C(=O)C(NC(=O)OC(C)(C)C)C(C)(C)C)C(=O)NS(=O)(=O)c1ccc(C)cn1. The van der Waals surface area contributed by atoms with Gasteiger partial charge in [0.15, 0.2) is 10.8 Å². The van der Waals surface area contributed by atoms with Crippen LogP contribution in [0.2, 0.25) is 5.02 Å². The fourth-order valence-corrected chi connectivity index (χ4v) is 8.18. The number of aromatic nitrogens is 5. The van der Waals surface area contributed by atoms with Gasteiger partial charge in [-0.25, -0.2) is 14.5 Å². The lowest BCUT2D eigenvalue weighted by molar-refractivity contribution is -0.137. The molecule has 2 fully saturated rings. The van der Waals surface area contributed by atoms with Crippen molar-refractivity contribution in [2.45, 2.75) is 102 Å². The number of nitrogens with zero attached hydrogens (tertiary/aromatic N) is 5. The molecule has 0 radical (unpaired) electrons. The van der Waals surface area contributed by atoms with Crippen molar-refractivity contribution in [3.8, 4) is 17.1 Å². The number of tetrazole rings is 1. The number of nitrogens with one attached hydrogen (secondary N) is 3. The number of hydrogen-bond donors (Lipinski definition) is 3. The summed E-state index contributed by atoms with van der Waals surface area (Å²) in [6.07, 6.45) is 2.72. The van der Waals surface area contributed by atoms with E-state index in [0.29, 0.717) is 22.8 Å². The monoisotopic (exact) mass is 812 g/mol. The molecule has 16 nitrogen and oxygen atoms in total. The second kappa shape index (κ2) is 15.9. The molecule has 1 aromatic carbocycles. The van der Waals surface area contributed by atoms with Crippen LogP contribution < -0.4 is 20.1 Å². The molecule has 2 saturated carbocycles. The molecule has 302 valence electrons. The van der Waals surface area contributed by atoms with E-state index in [1.54, 1.807) is 78.8 Å². The van der Waals surface area contributed by atoms with E-state index in [9.17, 15) is 27.6 Å². The van der Waals surface area contributed by atoms with Crippen molar-refractivity contribution in [3.05, 3.63) is 59.8 Å². The number of allylic oxidation sites excluding steroid dienone is 1. The van der Waals surface area contributed by atoms with E-state index >= 15 is 0 Å². The standard InChI is InChI=1S/C38H49ClN8O8S/c1-10-11-23-19-38(23,34(50)45-56(52,53)29-15-12-21(2)20-40-29)42-33(49)26-18-24(47-44-32(43-46-47)22-13-14-28(54-9)27(39)16-22)17-25(26)30(48)31(36(3,4)5)41-35(51)55-37(6,7)8/h10,12-16,20,23-26,31H,1,11,17-19H2,2-9H3,(H,41,51)(H,42,49)(H,45,50)/t23-,24+,25?,26-,31?,38+/m1/s1. The Balaban J connectivity index is 1.47. The zero-order valence-corrected chi connectivity index (χ0v) is 34.3. The quantitative estimate of drug-likeness (QED) is 0.200. The van der Waals surface area contributed by atoms with Crippen molar-refractivity contribution in [2.24, 2.45) is 23.2 Å². The van der Waals surface area contributed by atoms with Crippen molar-refractivity contribution < 1.29 is 37.1 Å². The Morgan fingerprint density at radius 2 is 1.79 bits per heavy atom. The number of amides is 3. The van der Waals surface area contributed by atoms with Gasteiger partial charge in [0.2, 0.25) is 11.7 Å². The van der Waals surface area contributed by atoms with E-state index in [2.05, 4.69) is 42.3 Å². The predicted octanol–water partition coefficient (Wildman–Crippen LogP) is 4.74. The molecule has 56 heavy (non-hydrogen) atoms. The highest BCUT2D eigenvalue weighted by Gasteiger charge is 2.62. The minimum Gasteiger partial charge on any atom is -0.495 e. The van der Waals surface area contributed by atoms with Crippen LogP contribution in [0.1, 0.15) is 78.8 Å². The number of carbonyl (C=O) groups excluding carboxylic acids is 4. The second-order valence-corrected chi connectivity index (χ2v) is 18.5. The van der Waals surface area contributed by atoms with Crippen LogP contribution in [-0.2, 0) is 29.1 Å². The highest BCUT2D eigenvalue weighted by Crippen LogP contribution is 2.48. The summed E-state index contributed by atoms with van der Waals surface area (Å²) in [5, 5.41) is 18.6. The number of aryl methyl sites for hydroxylation is 1. The molecule has 0 bridgehead atoms. The van der Waals surface area contributed by atoms with Crippen molar-refractivity contribution in [1.82, 2.24) is 40.5 Å². The molecule has 0 aliphatic heterocycles. The zero-order chi connectivity index (χ0) is 41.4. The number of sulfonamides is 1. The molecule has 2 aliphatic carbocycles. The Morgan fingerprint density at radius 1 is 1.09 bits per heavy atom. The Hall–Kier alpha value is -4.90. The Kier molecular flexibility index (Phi) is 12.0. The van der Waals surface area contributed by atoms with E-state index in [0.717, 1.165) is 5.56 Å². The van der Waals surface area contributed by atoms with Gasteiger partial charge in [-0.1, -0.05) is 44.5 Å². The normalized spacial score (nSPS) is 22.7. The third-order valence-electron chi connectivity index (χ3n) is 9.91. The average molecular weight is 813 g/mol. The maximum atomic E-state index is 14.6. The van der Waals surface area contributed by atoms with Crippen molar-refractivity contribution in [1.29, 1.82) is 0 Å². The Bertz CT molecular complexity index is 2110. The van der Waals surface area contributed by atoms with E-state index in [-0.39, 0.29) is 30.1 Å². The van der Waals surface area contributed by atoms with Crippen molar-refractivity contribution in [3.63, 3.8) is 0 Å². The summed E-state index contributed by atoms with van der Waals surface area (Å²) in [5.41, 5.74) is -1.99. The minimum atomic E-state index is -4.40. The van der Waals surface area contributed by atoms with Crippen LogP contribution in [0, 0.1) is 30.1 Å². The van der Waals surface area contributed by atoms with Crippen LogP contribution in [0.15, 0.2) is 54.2 Å². The number of halogens is 1. The van der Waals surface area contributed by atoms with Gasteiger partial charge in [0.05, 0.1) is 24.2 Å². The molecule has 2 aromatic heterocycles. The molecule has 0 spiro atoms.